The van der Waals surface area contributed by atoms with E-state index in [1.54, 1.807) is 18.7 Å². The number of amides is 1. The Morgan fingerprint density at radius 1 is 1.17 bits per heavy atom. The van der Waals surface area contributed by atoms with Gasteiger partial charge in [0, 0.05) is 45.0 Å². The van der Waals surface area contributed by atoms with Crippen molar-refractivity contribution in [3.8, 4) is 5.75 Å². The lowest BCUT2D eigenvalue weighted by Gasteiger charge is -2.42. The van der Waals surface area contributed by atoms with Crippen molar-refractivity contribution in [3.63, 3.8) is 0 Å². The second-order valence-electron chi connectivity index (χ2n) is 7.86. The van der Waals surface area contributed by atoms with E-state index in [4.69, 9.17) is 9.15 Å². The number of rotatable bonds is 2. The molecule has 0 aliphatic carbocycles. The third-order valence-corrected chi connectivity index (χ3v) is 6.84. The van der Waals surface area contributed by atoms with E-state index in [0.29, 0.717) is 43.3 Å². The second kappa shape index (κ2) is 7.14. The molecule has 1 fully saturated rings. The Balaban J connectivity index is 1.57. The van der Waals surface area contributed by atoms with Crippen molar-refractivity contribution in [2.24, 2.45) is 0 Å². The number of ether oxygens (including phenoxy) is 1. The molecule has 1 spiro atoms. The van der Waals surface area contributed by atoms with Gasteiger partial charge in [-0.1, -0.05) is 18.2 Å². The molecule has 0 radical (unpaired) electrons. The maximum Gasteiger partial charge on any atom is 0.291 e. The SMILES string of the molecule is Cc1nc(C)c(C(=O)N2CCC3(CC2)CN(S(C)(=O)=O)Cc2ccccc2O3)o1. The summed E-state index contributed by atoms with van der Waals surface area (Å²) in [6.07, 6.45) is 2.29. The van der Waals surface area contributed by atoms with Crippen LogP contribution in [0.15, 0.2) is 28.7 Å². The van der Waals surface area contributed by atoms with Crippen LogP contribution >= 0.6 is 0 Å². The lowest BCUT2D eigenvalue weighted by molar-refractivity contribution is -0.00336. The summed E-state index contributed by atoms with van der Waals surface area (Å²) in [6, 6.07) is 7.53. The van der Waals surface area contributed by atoms with Gasteiger partial charge in [0.15, 0.2) is 5.89 Å². The van der Waals surface area contributed by atoms with Crippen molar-refractivity contribution in [3.05, 3.63) is 47.2 Å². The Hall–Kier alpha value is -2.39. The number of aryl methyl sites for hydroxylation is 2. The minimum atomic E-state index is -3.39. The third-order valence-electron chi connectivity index (χ3n) is 5.64. The van der Waals surface area contributed by atoms with Gasteiger partial charge in [-0.2, -0.15) is 4.31 Å². The summed E-state index contributed by atoms with van der Waals surface area (Å²) in [6.45, 7) is 4.94. The van der Waals surface area contributed by atoms with Crippen molar-refractivity contribution >= 4 is 15.9 Å². The molecular formula is C20H25N3O5S. The first kappa shape index (κ1) is 19.9. The van der Waals surface area contributed by atoms with E-state index >= 15 is 0 Å². The summed E-state index contributed by atoms with van der Waals surface area (Å²) in [5, 5.41) is 0. The van der Waals surface area contributed by atoms with Crippen LogP contribution in [0.4, 0.5) is 0 Å². The molecule has 0 saturated carbocycles. The second-order valence-corrected chi connectivity index (χ2v) is 9.85. The third kappa shape index (κ3) is 3.89. The first-order valence-electron chi connectivity index (χ1n) is 9.62. The Bertz CT molecular complexity index is 1040. The fourth-order valence-electron chi connectivity index (χ4n) is 4.05. The first-order valence-corrected chi connectivity index (χ1v) is 11.5. The zero-order chi connectivity index (χ0) is 20.8. The molecule has 2 aromatic rings. The lowest BCUT2D eigenvalue weighted by Crippen LogP contribution is -2.55. The molecule has 1 saturated heterocycles. The number of nitrogens with zero attached hydrogens (tertiary/aromatic N) is 3. The van der Waals surface area contributed by atoms with Gasteiger partial charge in [-0.05, 0) is 13.0 Å². The molecule has 0 N–H and O–H groups in total. The number of benzene rings is 1. The Kier molecular flexibility index (Phi) is 4.90. The van der Waals surface area contributed by atoms with Crippen LogP contribution in [0, 0.1) is 13.8 Å². The highest BCUT2D eigenvalue weighted by atomic mass is 32.2. The molecule has 1 aromatic carbocycles. The standard InChI is InChI=1S/C20H25N3O5S/c1-14-18(27-15(2)21-14)19(24)22-10-8-20(9-11-22)13-23(29(3,25)26)12-16-6-4-5-7-17(16)28-20/h4-7H,8-13H2,1-3H3. The van der Waals surface area contributed by atoms with E-state index in [9.17, 15) is 13.2 Å². The smallest absolute Gasteiger partial charge is 0.291 e. The van der Waals surface area contributed by atoms with Crippen LogP contribution in [0.25, 0.3) is 0 Å². The Morgan fingerprint density at radius 3 is 2.48 bits per heavy atom. The van der Waals surface area contributed by atoms with Gasteiger partial charge in [-0.25, -0.2) is 13.4 Å². The van der Waals surface area contributed by atoms with Crippen molar-refractivity contribution in [1.82, 2.24) is 14.2 Å². The molecule has 3 heterocycles. The Labute approximate surface area is 170 Å². The van der Waals surface area contributed by atoms with Crippen LogP contribution in [-0.4, -0.2) is 60.0 Å². The number of piperidine rings is 1. The molecule has 0 bridgehead atoms. The number of hydrogen-bond acceptors (Lipinski definition) is 6. The number of carbonyl (C=O) groups is 1. The lowest BCUT2D eigenvalue weighted by atomic mass is 9.90. The van der Waals surface area contributed by atoms with Crippen molar-refractivity contribution in [1.29, 1.82) is 0 Å². The molecule has 4 rings (SSSR count). The van der Waals surface area contributed by atoms with Gasteiger partial charge in [0.05, 0.1) is 18.5 Å². The number of carbonyl (C=O) groups excluding carboxylic acids is 1. The molecule has 2 aliphatic rings. The molecule has 29 heavy (non-hydrogen) atoms. The topological polar surface area (TPSA) is 93.0 Å². The fraction of sp³-hybridized carbons (Fsp3) is 0.500. The average Bonchev–Trinajstić information content (AvgIpc) is 2.90. The molecule has 9 heteroatoms. The number of sulfonamides is 1. The van der Waals surface area contributed by atoms with Gasteiger partial charge in [0.25, 0.3) is 5.91 Å². The predicted octanol–water partition coefficient (Wildman–Crippen LogP) is 2.12. The maximum absolute atomic E-state index is 12.8. The fourth-order valence-corrected chi connectivity index (χ4v) is 4.90. The van der Waals surface area contributed by atoms with E-state index < -0.39 is 15.6 Å². The predicted molar refractivity (Wildman–Crippen MR) is 106 cm³/mol. The highest BCUT2D eigenvalue weighted by Crippen LogP contribution is 2.36. The van der Waals surface area contributed by atoms with Gasteiger partial charge in [0.1, 0.15) is 11.4 Å². The van der Waals surface area contributed by atoms with Crippen molar-refractivity contribution < 1.29 is 22.4 Å². The van der Waals surface area contributed by atoms with E-state index in [1.165, 1.54) is 10.6 Å². The zero-order valence-corrected chi connectivity index (χ0v) is 17.7. The molecule has 8 nitrogen and oxygen atoms in total. The quantitative estimate of drug-likeness (QED) is 0.740. The number of fused-ring (bicyclic) bond motifs is 1. The number of hydrogen-bond donors (Lipinski definition) is 0. The van der Waals surface area contributed by atoms with Gasteiger partial charge >= 0.3 is 0 Å². The number of aromatic nitrogens is 1. The Morgan fingerprint density at radius 2 is 1.86 bits per heavy atom. The highest BCUT2D eigenvalue weighted by molar-refractivity contribution is 7.88. The average molecular weight is 420 g/mol. The minimum absolute atomic E-state index is 0.188. The molecule has 156 valence electrons. The van der Waals surface area contributed by atoms with E-state index in [-0.39, 0.29) is 24.8 Å². The van der Waals surface area contributed by atoms with Crippen LogP contribution in [0.1, 0.15) is 40.5 Å². The summed E-state index contributed by atoms with van der Waals surface area (Å²) in [4.78, 5) is 18.7. The van der Waals surface area contributed by atoms with Crippen molar-refractivity contribution in [2.45, 2.75) is 38.8 Å². The monoisotopic (exact) mass is 419 g/mol. The summed E-state index contributed by atoms with van der Waals surface area (Å²) in [5.41, 5.74) is 0.760. The molecule has 0 atom stereocenters. The van der Waals surface area contributed by atoms with Gasteiger partial charge in [-0.15, -0.1) is 0 Å². The van der Waals surface area contributed by atoms with Crippen LogP contribution in [-0.2, 0) is 16.6 Å². The van der Waals surface area contributed by atoms with E-state index in [2.05, 4.69) is 4.98 Å². The minimum Gasteiger partial charge on any atom is -0.485 e. The molecule has 1 aromatic heterocycles. The summed E-state index contributed by atoms with van der Waals surface area (Å²) < 4.78 is 38.1. The zero-order valence-electron chi connectivity index (χ0n) is 16.8. The first-order chi connectivity index (χ1) is 13.7. The van der Waals surface area contributed by atoms with Gasteiger partial charge < -0.3 is 14.1 Å². The molecule has 1 amide bonds. The van der Waals surface area contributed by atoms with Crippen molar-refractivity contribution in [2.75, 3.05) is 25.9 Å². The summed E-state index contributed by atoms with van der Waals surface area (Å²) in [5.74, 6) is 1.25. The van der Waals surface area contributed by atoms with Crippen LogP contribution < -0.4 is 4.74 Å². The summed E-state index contributed by atoms with van der Waals surface area (Å²) >= 11 is 0. The van der Waals surface area contributed by atoms with Gasteiger partial charge in [0.2, 0.25) is 15.8 Å². The summed E-state index contributed by atoms with van der Waals surface area (Å²) in [7, 11) is -3.39. The van der Waals surface area contributed by atoms with E-state index in [0.717, 1.165) is 5.56 Å². The molecular weight excluding hydrogens is 394 g/mol. The highest BCUT2D eigenvalue weighted by Gasteiger charge is 2.44. The largest absolute Gasteiger partial charge is 0.485 e. The number of oxazole rings is 1. The number of likely N-dealkylation sites (tertiary alicyclic amines) is 1. The van der Waals surface area contributed by atoms with Crippen LogP contribution in [0.3, 0.4) is 0 Å². The van der Waals surface area contributed by atoms with E-state index in [1.807, 2.05) is 24.3 Å². The molecule has 2 aliphatic heterocycles. The normalized spacial score (nSPS) is 19.5. The van der Waals surface area contributed by atoms with Gasteiger partial charge in [-0.3, -0.25) is 4.79 Å². The number of para-hydroxylation sites is 1. The molecule has 0 unspecified atom stereocenters. The maximum atomic E-state index is 12.8. The van der Waals surface area contributed by atoms with Crippen LogP contribution in [0.2, 0.25) is 0 Å². The van der Waals surface area contributed by atoms with Crippen LogP contribution in [0.5, 0.6) is 5.75 Å².